The number of para-hydroxylation sites is 1. The van der Waals surface area contributed by atoms with Crippen molar-refractivity contribution < 1.29 is 0 Å². The van der Waals surface area contributed by atoms with E-state index in [2.05, 4.69) is 58.1 Å². The van der Waals surface area contributed by atoms with Crippen LogP contribution in [-0.2, 0) is 0 Å². The van der Waals surface area contributed by atoms with Crippen molar-refractivity contribution >= 4 is 28.2 Å². The van der Waals surface area contributed by atoms with E-state index in [0.717, 1.165) is 18.7 Å². The highest BCUT2D eigenvalue weighted by Gasteiger charge is 2.11. The average molecular weight is 286 g/mol. The summed E-state index contributed by atoms with van der Waals surface area (Å²) in [6.07, 6.45) is 4.88. The Labute approximate surface area is 123 Å². The number of rotatable bonds is 4. The molecule has 3 rings (SSSR count). The SMILES string of the molecule is CCCN(c1ccnc(Cl)c1)n1ccc2ccccc21. The molecule has 0 N–H and O–H groups in total. The maximum Gasteiger partial charge on any atom is 0.131 e. The summed E-state index contributed by atoms with van der Waals surface area (Å²) < 4.78 is 2.17. The van der Waals surface area contributed by atoms with Crippen molar-refractivity contribution in [2.75, 3.05) is 11.6 Å². The van der Waals surface area contributed by atoms with E-state index in [1.807, 2.05) is 12.1 Å². The van der Waals surface area contributed by atoms with E-state index in [1.54, 1.807) is 6.20 Å². The molecule has 0 aliphatic rings. The molecule has 0 unspecified atom stereocenters. The summed E-state index contributed by atoms with van der Waals surface area (Å²) in [5.41, 5.74) is 2.24. The summed E-state index contributed by atoms with van der Waals surface area (Å²) in [5, 5.41) is 3.96. The van der Waals surface area contributed by atoms with Gasteiger partial charge in [-0.15, -0.1) is 0 Å². The Morgan fingerprint density at radius 3 is 2.85 bits per heavy atom. The third kappa shape index (κ3) is 2.37. The lowest BCUT2D eigenvalue weighted by Gasteiger charge is -2.26. The molecule has 0 saturated heterocycles. The fourth-order valence-electron chi connectivity index (χ4n) is 2.40. The molecule has 0 spiro atoms. The molecule has 102 valence electrons. The van der Waals surface area contributed by atoms with Gasteiger partial charge >= 0.3 is 0 Å². The molecule has 0 fully saturated rings. The molecule has 0 atom stereocenters. The molecule has 1 aromatic carbocycles. The predicted octanol–water partition coefficient (Wildman–Crippen LogP) is 4.37. The van der Waals surface area contributed by atoms with E-state index in [0.29, 0.717) is 5.15 Å². The zero-order valence-electron chi connectivity index (χ0n) is 11.3. The molecule has 0 radical (unpaired) electrons. The Morgan fingerprint density at radius 1 is 1.20 bits per heavy atom. The summed E-state index contributed by atoms with van der Waals surface area (Å²) in [6, 6.07) is 14.4. The summed E-state index contributed by atoms with van der Waals surface area (Å²) >= 11 is 6.02. The first kappa shape index (κ1) is 13.0. The second kappa shape index (κ2) is 5.55. The summed E-state index contributed by atoms with van der Waals surface area (Å²) in [5.74, 6) is 0. The van der Waals surface area contributed by atoms with Crippen molar-refractivity contribution in [2.45, 2.75) is 13.3 Å². The first-order valence-corrected chi connectivity index (χ1v) is 7.13. The quantitative estimate of drug-likeness (QED) is 0.664. The van der Waals surface area contributed by atoms with E-state index >= 15 is 0 Å². The lowest BCUT2D eigenvalue weighted by molar-refractivity contribution is 0.696. The highest BCUT2D eigenvalue weighted by molar-refractivity contribution is 6.29. The number of anilines is 1. The number of hydrogen-bond acceptors (Lipinski definition) is 2. The minimum absolute atomic E-state index is 0.514. The number of benzene rings is 1. The lowest BCUT2D eigenvalue weighted by atomic mass is 10.2. The van der Waals surface area contributed by atoms with Gasteiger partial charge in [0, 0.05) is 30.4 Å². The van der Waals surface area contributed by atoms with Gasteiger partial charge in [0.25, 0.3) is 0 Å². The number of hydrogen-bond donors (Lipinski definition) is 0. The minimum Gasteiger partial charge on any atom is -0.281 e. The zero-order valence-corrected chi connectivity index (χ0v) is 12.1. The van der Waals surface area contributed by atoms with Crippen LogP contribution in [0.25, 0.3) is 10.9 Å². The first-order chi connectivity index (χ1) is 9.79. The van der Waals surface area contributed by atoms with Crippen LogP contribution in [0.1, 0.15) is 13.3 Å². The van der Waals surface area contributed by atoms with Crippen LogP contribution in [0, 0.1) is 0 Å². The number of aromatic nitrogens is 2. The van der Waals surface area contributed by atoms with Crippen molar-refractivity contribution in [1.29, 1.82) is 0 Å². The maximum atomic E-state index is 6.02. The monoisotopic (exact) mass is 285 g/mol. The molecule has 2 aromatic heterocycles. The van der Waals surface area contributed by atoms with Crippen molar-refractivity contribution in [3.05, 3.63) is 60.0 Å². The molecular weight excluding hydrogens is 270 g/mol. The van der Waals surface area contributed by atoms with E-state index in [4.69, 9.17) is 11.6 Å². The molecule has 0 saturated carbocycles. The van der Waals surface area contributed by atoms with Gasteiger partial charge in [0.15, 0.2) is 0 Å². The van der Waals surface area contributed by atoms with Crippen molar-refractivity contribution in [3.63, 3.8) is 0 Å². The highest BCUT2D eigenvalue weighted by atomic mass is 35.5. The Bertz CT molecular complexity index is 720. The minimum atomic E-state index is 0.514. The van der Waals surface area contributed by atoms with Crippen LogP contribution < -0.4 is 5.01 Å². The number of fused-ring (bicyclic) bond motifs is 1. The van der Waals surface area contributed by atoms with Crippen molar-refractivity contribution in [2.24, 2.45) is 0 Å². The molecular formula is C16H16ClN3. The summed E-state index contributed by atoms with van der Waals surface area (Å²) in [7, 11) is 0. The van der Waals surface area contributed by atoms with Gasteiger partial charge in [-0.05, 0) is 24.6 Å². The van der Waals surface area contributed by atoms with Gasteiger partial charge in [-0.2, -0.15) is 0 Å². The molecule has 3 nitrogen and oxygen atoms in total. The van der Waals surface area contributed by atoms with Crippen LogP contribution in [0.2, 0.25) is 5.15 Å². The van der Waals surface area contributed by atoms with E-state index < -0.39 is 0 Å². The standard InChI is InChI=1S/C16H16ClN3/c1-2-10-19(14-7-9-18-16(17)12-14)20-11-8-13-5-3-4-6-15(13)20/h3-9,11-12H,2,10H2,1H3. The van der Waals surface area contributed by atoms with Crippen molar-refractivity contribution in [3.8, 4) is 0 Å². The molecule has 0 aliphatic carbocycles. The third-order valence-electron chi connectivity index (χ3n) is 3.28. The summed E-state index contributed by atoms with van der Waals surface area (Å²) in [6.45, 7) is 3.08. The van der Waals surface area contributed by atoms with Gasteiger partial charge in [0.05, 0.1) is 11.2 Å². The molecule has 0 amide bonds. The van der Waals surface area contributed by atoms with E-state index in [9.17, 15) is 0 Å². The lowest BCUT2D eigenvalue weighted by Crippen LogP contribution is -2.29. The first-order valence-electron chi connectivity index (χ1n) is 6.75. The molecule has 4 heteroatoms. The van der Waals surface area contributed by atoms with E-state index in [-0.39, 0.29) is 0 Å². The summed E-state index contributed by atoms with van der Waals surface area (Å²) in [4.78, 5) is 4.06. The molecule has 0 aliphatic heterocycles. The Morgan fingerprint density at radius 2 is 2.05 bits per heavy atom. The molecule has 2 heterocycles. The Hall–Kier alpha value is -2.00. The normalized spacial score (nSPS) is 10.9. The zero-order chi connectivity index (χ0) is 13.9. The van der Waals surface area contributed by atoms with Crippen LogP contribution in [0.5, 0.6) is 0 Å². The second-order valence-corrected chi connectivity index (χ2v) is 5.07. The van der Waals surface area contributed by atoms with Gasteiger partial charge in [0.2, 0.25) is 0 Å². The van der Waals surface area contributed by atoms with Gasteiger partial charge in [-0.3, -0.25) is 9.69 Å². The van der Waals surface area contributed by atoms with Gasteiger partial charge < -0.3 is 0 Å². The van der Waals surface area contributed by atoms with Crippen LogP contribution in [0.3, 0.4) is 0 Å². The van der Waals surface area contributed by atoms with Gasteiger partial charge in [-0.25, -0.2) is 4.98 Å². The van der Waals surface area contributed by atoms with Crippen LogP contribution in [0.4, 0.5) is 5.69 Å². The van der Waals surface area contributed by atoms with Crippen LogP contribution in [-0.4, -0.2) is 16.2 Å². The van der Waals surface area contributed by atoms with Gasteiger partial charge in [0.1, 0.15) is 5.15 Å². The van der Waals surface area contributed by atoms with Gasteiger partial charge in [-0.1, -0.05) is 36.7 Å². The predicted molar refractivity (Wildman–Crippen MR) is 84.2 cm³/mol. The van der Waals surface area contributed by atoms with Crippen LogP contribution in [0.15, 0.2) is 54.9 Å². The largest absolute Gasteiger partial charge is 0.281 e. The fraction of sp³-hybridized carbons (Fsp3) is 0.188. The maximum absolute atomic E-state index is 6.02. The number of halogens is 1. The second-order valence-electron chi connectivity index (χ2n) is 4.68. The smallest absolute Gasteiger partial charge is 0.131 e. The molecule has 0 bridgehead atoms. The third-order valence-corrected chi connectivity index (χ3v) is 3.49. The average Bonchev–Trinajstić information content (AvgIpc) is 2.88. The fourth-order valence-corrected chi connectivity index (χ4v) is 2.57. The Kier molecular flexibility index (Phi) is 3.61. The van der Waals surface area contributed by atoms with Crippen molar-refractivity contribution in [1.82, 2.24) is 9.66 Å². The number of nitrogens with zero attached hydrogens (tertiary/aromatic N) is 3. The highest BCUT2D eigenvalue weighted by Crippen LogP contribution is 2.23. The molecule has 3 aromatic rings. The van der Waals surface area contributed by atoms with Crippen LogP contribution >= 0.6 is 11.6 Å². The number of pyridine rings is 1. The molecule has 20 heavy (non-hydrogen) atoms. The Balaban J connectivity index is 2.11. The van der Waals surface area contributed by atoms with E-state index in [1.165, 1.54) is 10.9 Å². The topological polar surface area (TPSA) is 21.1 Å².